The minimum Gasteiger partial charge on any atom is -0.443 e. The lowest BCUT2D eigenvalue weighted by atomic mass is 9.52. The average molecular weight is 279 g/mol. The molecule has 0 N–H and O–H groups in total. The number of amides is 1. The van der Waals surface area contributed by atoms with Crippen LogP contribution in [0.15, 0.2) is 0 Å². The lowest BCUT2D eigenvalue weighted by Crippen LogP contribution is -2.60. The molecular weight excluding hydrogens is 250 g/mol. The zero-order chi connectivity index (χ0) is 14.5. The smallest absolute Gasteiger partial charge is 0.410 e. The second-order valence-electron chi connectivity index (χ2n) is 8.18. The Morgan fingerprint density at radius 2 is 1.60 bits per heavy atom. The molecule has 4 aliphatic carbocycles. The molecule has 4 aliphatic rings. The van der Waals surface area contributed by atoms with Crippen LogP contribution < -0.4 is 0 Å². The number of ether oxygens (including phenoxy) is 1. The molecule has 3 nitrogen and oxygen atoms in total. The van der Waals surface area contributed by atoms with E-state index >= 15 is 0 Å². The Morgan fingerprint density at radius 3 is 2.00 bits per heavy atom. The maximum Gasteiger partial charge on any atom is 0.410 e. The quantitative estimate of drug-likeness (QED) is 0.774. The largest absolute Gasteiger partial charge is 0.443 e. The van der Waals surface area contributed by atoms with Gasteiger partial charge in [0.1, 0.15) is 5.60 Å². The molecule has 0 radical (unpaired) electrons. The zero-order valence-electron chi connectivity index (χ0n) is 13.4. The van der Waals surface area contributed by atoms with Crippen LogP contribution >= 0.6 is 0 Å². The monoisotopic (exact) mass is 279 g/mol. The Balaban J connectivity index is 1.73. The number of nitrogens with zero attached hydrogens (tertiary/aromatic N) is 1. The van der Waals surface area contributed by atoms with Gasteiger partial charge in [-0.15, -0.1) is 0 Å². The molecule has 20 heavy (non-hydrogen) atoms. The van der Waals surface area contributed by atoms with Crippen LogP contribution in [-0.4, -0.2) is 29.2 Å². The van der Waals surface area contributed by atoms with Gasteiger partial charge in [0, 0.05) is 12.6 Å². The maximum atomic E-state index is 12.5. The molecule has 3 heteroatoms. The van der Waals surface area contributed by atoms with E-state index in [1.54, 1.807) is 0 Å². The molecule has 0 heterocycles. The van der Waals surface area contributed by atoms with Crippen molar-refractivity contribution in [3.63, 3.8) is 0 Å². The first-order chi connectivity index (χ1) is 9.33. The summed E-state index contributed by atoms with van der Waals surface area (Å²) in [5, 5.41) is 0. The first-order valence-electron chi connectivity index (χ1n) is 8.30. The van der Waals surface area contributed by atoms with Crippen molar-refractivity contribution in [1.29, 1.82) is 0 Å². The summed E-state index contributed by atoms with van der Waals surface area (Å²) >= 11 is 0. The van der Waals surface area contributed by atoms with E-state index in [-0.39, 0.29) is 17.2 Å². The predicted molar refractivity (Wildman–Crippen MR) is 79.5 cm³/mol. The molecule has 4 fully saturated rings. The molecular formula is C17H29NO2. The fraction of sp³-hybridized carbons (Fsp3) is 0.941. The highest BCUT2D eigenvalue weighted by Gasteiger charge is 2.54. The van der Waals surface area contributed by atoms with Crippen molar-refractivity contribution < 1.29 is 9.53 Å². The van der Waals surface area contributed by atoms with Gasteiger partial charge in [0.15, 0.2) is 0 Å². The second-order valence-corrected chi connectivity index (χ2v) is 8.18. The van der Waals surface area contributed by atoms with E-state index in [9.17, 15) is 4.79 Å². The van der Waals surface area contributed by atoms with Gasteiger partial charge in [-0.25, -0.2) is 4.79 Å². The molecule has 0 saturated heterocycles. The lowest BCUT2D eigenvalue weighted by Gasteiger charge is -2.59. The van der Waals surface area contributed by atoms with E-state index in [0.29, 0.717) is 0 Å². The first-order valence-corrected chi connectivity index (χ1v) is 8.30. The maximum absolute atomic E-state index is 12.5. The zero-order valence-corrected chi connectivity index (χ0v) is 13.4. The van der Waals surface area contributed by atoms with Gasteiger partial charge in [-0.2, -0.15) is 0 Å². The van der Waals surface area contributed by atoms with Gasteiger partial charge >= 0.3 is 6.09 Å². The fourth-order valence-corrected chi connectivity index (χ4v) is 5.05. The van der Waals surface area contributed by atoms with Crippen LogP contribution in [0.3, 0.4) is 0 Å². The summed E-state index contributed by atoms with van der Waals surface area (Å²) in [5.74, 6) is 2.57. The molecule has 0 aromatic rings. The molecule has 0 aliphatic heterocycles. The van der Waals surface area contributed by atoms with Crippen LogP contribution in [0.5, 0.6) is 0 Å². The molecule has 0 atom stereocenters. The molecule has 4 saturated carbocycles. The molecule has 1 amide bonds. The van der Waals surface area contributed by atoms with Crippen molar-refractivity contribution in [1.82, 2.24) is 4.90 Å². The highest BCUT2D eigenvalue weighted by molar-refractivity contribution is 5.69. The van der Waals surface area contributed by atoms with E-state index in [4.69, 9.17) is 4.74 Å². The third-order valence-corrected chi connectivity index (χ3v) is 6.21. The van der Waals surface area contributed by atoms with Crippen molar-refractivity contribution in [2.75, 3.05) is 7.05 Å². The minimum absolute atomic E-state index is 0.107. The number of hydrogen-bond acceptors (Lipinski definition) is 2. The lowest BCUT2D eigenvalue weighted by molar-refractivity contribution is -0.0837. The van der Waals surface area contributed by atoms with Crippen molar-refractivity contribution >= 4 is 6.09 Å². The summed E-state index contributed by atoms with van der Waals surface area (Å²) < 4.78 is 5.73. The first kappa shape index (κ1) is 14.2. The van der Waals surface area contributed by atoms with E-state index < -0.39 is 0 Å². The van der Waals surface area contributed by atoms with Crippen molar-refractivity contribution in [3.8, 4) is 0 Å². The molecule has 0 aromatic heterocycles. The third kappa shape index (κ3) is 2.33. The Labute approximate surface area is 123 Å². The molecule has 0 unspecified atom stereocenters. The van der Waals surface area contributed by atoms with Crippen LogP contribution in [0.4, 0.5) is 4.79 Å². The topological polar surface area (TPSA) is 29.5 Å². The van der Waals surface area contributed by atoms with Gasteiger partial charge in [0.25, 0.3) is 0 Å². The molecule has 4 rings (SSSR count). The van der Waals surface area contributed by atoms with E-state index in [1.165, 1.54) is 38.5 Å². The Bertz CT molecular complexity index is 367. The number of carbonyl (C=O) groups is 1. The van der Waals surface area contributed by atoms with Crippen molar-refractivity contribution in [2.24, 2.45) is 17.8 Å². The van der Waals surface area contributed by atoms with Crippen molar-refractivity contribution in [2.45, 2.75) is 76.9 Å². The normalized spacial score (nSPS) is 38.9. The van der Waals surface area contributed by atoms with E-state index in [1.807, 2.05) is 25.8 Å². The van der Waals surface area contributed by atoms with E-state index in [2.05, 4.69) is 6.92 Å². The standard InChI is InChI=1S/C17H29NO2/c1-5-16(2,3)20-15(19)18(4)17-9-12-6-13(10-17)8-14(7-12)11-17/h12-14H,5-11H2,1-4H3. The second kappa shape index (κ2) is 4.64. The Morgan fingerprint density at radius 1 is 1.15 bits per heavy atom. The SMILES string of the molecule is CCC(C)(C)OC(=O)N(C)C12CC3CC(CC(C3)C1)C2. The van der Waals surface area contributed by atoms with Crippen LogP contribution in [0, 0.1) is 17.8 Å². The third-order valence-electron chi connectivity index (χ3n) is 6.21. The number of hydrogen-bond donors (Lipinski definition) is 0. The molecule has 0 aromatic carbocycles. The van der Waals surface area contributed by atoms with E-state index in [0.717, 1.165) is 24.2 Å². The Kier molecular flexibility index (Phi) is 3.30. The van der Waals surface area contributed by atoms with Gasteiger partial charge in [0.2, 0.25) is 0 Å². The number of rotatable bonds is 3. The van der Waals surface area contributed by atoms with Gasteiger partial charge in [-0.1, -0.05) is 6.92 Å². The Hall–Kier alpha value is -0.730. The van der Waals surface area contributed by atoms with Gasteiger partial charge < -0.3 is 9.64 Å². The summed E-state index contributed by atoms with van der Waals surface area (Å²) in [7, 11) is 1.97. The van der Waals surface area contributed by atoms with Gasteiger partial charge in [-0.3, -0.25) is 0 Å². The van der Waals surface area contributed by atoms with Crippen LogP contribution in [0.25, 0.3) is 0 Å². The van der Waals surface area contributed by atoms with Crippen LogP contribution in [0.1, 0.15) is 65.7 Å². The number of carbonyl (C=O) groups excluding carboxylic acids is 1. The van der Waals surface area contributed by atoms with Gasteiger partial charge in [0.05, 0.1) is 0 Å². The van der Waals surface area contributed by atoms with Crippen LogP contribution in [0.2, 0.25) is 0 Å². The summed E-state index contributed by atoms with van der Waals surface area (Å²) in [5.41, 5.74) is -0.247. The summed E-state index contributed by atoms with van der Waals surface area (Å²) in [6, 6.07) is 0. The average Bonchev–Trinajstić information content (AvgIpc) is 2.35. The molecule has 114 valence electrons. The summed E-state index contributed by atoms with van der Waals surface area (Å²) in [6.45, 7) is 6.06. The van der Waals surface area contributed by atoms with Crippen LogP contribution in [-0.2, 0) is 4.74 Å². The molecule has 0 spiro atoms. The summed E-state index contributed by atoms with van der Waals surface area (Å²) in [6.07, 6.45) is 8.57. The van der Waals surface area contributed by atoms with Crippen molar-refractivity contribution in [3.05, 3.63) is 0 Å². The van der Waals surface area contributed by atoms with Gasteiger partial charge in [-0.05, 0) is 76.5 Å². The minimum atomic E-state index is -0.354. The molecule has 4 bridgehead atoms. The fourth-order valence-electron chi connectivity index (χ4n) is 5.05. The highest BCUT2D eigenvalue weighted by Crippen LogP contribution is 2.57. The summed E-state index contributed by atoms with van der Waals surface area (Å²) in [4.78, 5) is 14.5. The highest BCUT2D eigenvalue weighted by atomic mass is 16.6. The predicted octanol–water partition coefficient (Wildman–Crippen LogP) is 4.21.